The molecule has 2 amide bonds. The molecule has 6 nitrogen and oxygen atoms in total. The molecule has 0 bridgehead atoms. The number of nitrogens with one attached hydrogen (secondary N) is 2. The lowest BCUT2D eigenvalue weighted by molar-refractivity contribution is -0.111. The molecule has 1 saturated heterocycles. The van der Waals surface area contributed by atoms with Crippen LogP contribution in [0.1, 0.15) is 48.9 Å². The Morgan fingerprint density at radius 1 is 1.19 bits per heavy atom. The van der Waals surface area contributed by atoms with E-state index < -0.39 is 5.91 Å². The first kappa shape index (κ1) is 18.5. The number of phenolic OH excluding ortho intramolecular Hbond substituents is 1. The molecule has 0 aromatic heterocycles. The van der Waals surface area contributed by atoms with Gasteiger partial charge in [0.15, 0.2) is 0 Å². The van der Waals surface area contributed by atoms with Crippen LogP contribution in [-0.2, 0) is 9.53 Å². The van der Waals surface area contributed by atoms with Crippen LogP contribution in [0.2, 0.25) is 0 Å². The number of ether oxygens (including phenoxy) is 1. The van der Waals surface area contributed by atoms with Gasteiger partial charge in [-0.05, 0) is 68.2 Å². The third kappa shape index (κ3) is 4.25. The summed E-state index contributed by atoms with van der Waals surface area (Å²) in [7, 11) is 0. The first-order valence-electron chi connectivity index (χ1n) is 9.16. The Morgan fingerprint density at radius 2 is 1.88 bits per heavy atom. The zero-order chi connectivity index (χ0) is 18.6. The van der Waals surface area contributed by atoms with Crippen molar-refractivity contribution < 1.29 is 19.4 Å². The van der Waals surface area contributed by atoms with E-state index in [1.165, 1.54) is 12.1 Å². The molecule has 1 spiro atoms. The van der Waals surface area contributed by atoms with Crippen LogP contribution >= 0.6 is 0 Å². The number of hydrogen-bond acceptors (Lipinski definition) is 4. The van der Waals surface area contributed by atoms with Crippen molar-refractivity contribution in [1.29, 1.82) is 0 Å². The van der Waals surface area contributed by atoms with Crippen molar-refractivity contribution in [1.82, 2.24) is 5.32 Å². The van der Waals surface area contributed by atoms with Crippen LogP contribution in [0.3, 0.4) is 0 Å². The van der Waals surface area contributed by atoms with Crippen molar-refractivity contribution in [2.75, 3.05) is 18.5 Å². The van der Waals surface area contributed by atoms with Gasteiger partial charge in [-0.2, -0.15) is 0 Å². The number of carbonyl (C=O) groups is 2. The van der Waals surface area contributed by atoms with E-state index in [0.717, 1.165) is 57.8 Å². The highest BCUT2D eigenvalue weighted by molar-refractivity contribution is 6.02. The second-order valence-electron chi connectivity index (χ2n) is 7.29. The van der Waals surface area contributed by atoms with Gasteiger partial charge >= 0.3 is 0 Å². The van der Waals surface area contributed by atoms with Crippen LogP contribution in [0.4, 0.5) is 5.69 Å². The molecule has 1 aliphatic carbocycles. The van der Waals surface area contributed by atoms with E-state index in [2.05, 4.69) is 17.2 Å². The normalized spacial score (nSPS) is 19.7. The van der Waals surface area contributed by atoms with Crippen LogP contribution in [0.15, 0.2) is 30.9 Å². The van der Waals surface area contributed by atoms with Crippen LogP contribution in [-0.4, -0.2) is 36.2 Å². The topological polar surface area (TPSA) is 87.7 Å². The standard InChI is InChI=1S/C20H26N2O4/c1-2-18(24)22-16-13-14(3-4-17(16)23)19(25)21-15-5-7-20(8-6-15)9-11-26-12-10-20/h2-4,13,15,23H,1,5-12H2,(H,21,25)(H,22,24). The van der Waals surface area contributed by atoms with Crippen molar-refractivity contribution in [2.45, 2.75) is 44.6 Å². The van der Waals surface area contributed by atoms with E-state index in [9.17, 15) is 14.7 Å². The van der Waals surface area contributed by atoms with Crippen LogP contribution in [0.5, 0.6) is 5.75 Å². The highest BCUT2D eigenvalue weighted by atomic mass is 16.5. The molecule has 1 aromatic carbocycles. The zero-order valence-electron chi connectivity index (χ0n) is 14.9. The Balaban J connectivity index is 1.59. The molecule has 3 N–H and O–H groups in total. The van der Waals surface area contributed by atoms with Gasteiger partial charge in [0.25, 0.3) is 5.91 Å². The van der Waals surface area contributed by atoms with E-state index in [0.29, 0.717) is 11.0 Å². The first-order valence-corrected chi connectivity index (χ1v) is 9.16. The Hall–Kier alpha value is -2.34. The number of amides is 2. The quantitative estimate of drug-likeness (QED) is 0.570. The molecular weight excluding hydrogens is 332 g/mol. The van der Waals surface area contributed by atoms with Crippen molar-refractivity contribution in [3.8, 4) is 5.75 Å². The molecule has 0 atom stereocenters. The molecule has 2 aliphatic rings. The average molecular weight is 358 g/mol. The second kappa shape index (κ2) is 7.91. The molecule has 0 unspecified atom stereocenters. The minimum Gasteiger partial charge on any atom is -0.506 e. The summed E-state index contributed by atoms with van der Waals surface area (Å²) in [5.41, 5.74) is 1.01. The molecule has 3 rings (SSSR count). The Kier molecular flexibility index (Phi) is 5.61. The number of anilines is 1. The monoisotopic (exact) mass is 358 g/mol. The summed E-state index contributed by atoms with van der Waals surface area (Å²) in [5.74, 6) is -0.713. The average Bonchev–Trinajstić information content (AvgIpc) is 2.66. The SMILES string of the molecule is C=CC(=O)Nc1cc(C(=O)NC2CCC3(CCOCC3)CC2)ccc1O. The third-order valence-corrected chi connectivity index (χ3v) is 5.64. The Labute approximate surface area is 153 Å². The minimum atomic E-state index is -0.438. The van der Waals surface area contributed by atoms with Gasteiger partial charge in [0.1, 0.15) is 5.75 Å². The minimum absolute atomic E-state index is 0.0872. The number of rotatable bonds is 4. The molecule has 140 valence electrons. The molecule has 0 radical (unpaired) electrons. The third-order valence-electron chi connectivity index (χ3n) is 5.64. The van der Waals surface area contributed by atoms with Gasteiger partial charge in [0.2, 0.25) is 5.91 Å². The summed E-state index contributed by atoms with van der Waals surface area (Å²) in [6.45, 7) is 5.08. The smallest absolute Gasteiger partial charge is 0.251 e. The highest BCUT2D eigenvalue weighted by Crippen LogP contribution is 2.44. The van der Waals surface area contributed by atoms with E-state index in [1.807, 2.05) is 0 Å². The lowest BCUT2D eigenvalue weighted by Crippen LogP contribution is -2.42. The number of hydrogen-bond donors (Lipinski definition) is 3. The van der Waals surface area contributed by atoms with E-state index in [-0.39, 0.29) is 23.4 Å². The summed E-state index contributed by atoms with van der Waals surface area (Å²) < 4.78 is 5.48. The predicted molar refractivity (Wildman–Crippen MR) is 99.1 cm³/mol. The second-order valence-corrected chi connectivity index (χ2v) is 7.29. The van der Waals surface area contributed by atoms with E-state index >= 15 is 0 Å². The van der Waals surface area contributed by atoms with Gasteiger partial charge in [-0.1, -0.05) is 6.58 Å². The van der Waals surface area contributed by atoms with Crippen LogP contribution < -0.4 is 10.6 Å². The largest absolute Gasteiger partial charge is 0.506 e. The fraction of sp³-hybridized carbons (Fsp3) is 0.500. The van der Waals surface area contributed by atoms with Crippen molar-refractivity contribution in [3.05, 3.63) is 36.4 Å². The molecule has 26 heavy (non-hydrogen) atoms. The molecule has 1 heterocycles. The molecule has 1 aromatic rings. The van der Waals surface area contributed by atoms with E-state index in [4.69, 9.17) is 4.74 Å². The lowest BCUT2D eigenvalue weighted by Gasteiger charge is -2.42. The maximum atomic E-state index is 12.6. The highest BCUT2D eigenvalue weighted by Gasteiger charge is 2.37. The number of benzene rings is 1. The fourth-order valence-corrected chi connectivity index (χ4v) is 3.91. The van der Waals surface area contributed by atoms with Crippen molar-refractivity contribution >= 4 is 17.5 Å². The maximum Gasteiger partial charge on any atom is 0.251 e. The number of phenols is 1. The van der Waals surface area contributed by atoms with Crippen molar-refractivity contribution in [3.63, 3.8) is 0 Å². The summed E-state index contributed by atoms with van der Waals surface area (Å²) in [4.78, 5) is 24.0. The van der Waals surface area contributed by atoms with Gasteiger partial charge in [0, 0.05) is 24.8 Å². The first-order chi connectivity index (χ1) is 12.5. The van der Waals surface area contributed by atoms with E-state index in [1.54, 1.807) is 6.07 Å². The molecule has 2 fully saturated rings. The lowest BCUT2D eigenvalue weighted by atomic mass is 9.68. The van der Waals surface area contributed by atoms with Gasteiger partial charge in [-0.15, -0.1) is 0 Å². The van der Waals surface area contributed by atoms with Gasteiger partial charge < -0.3 is 20.5 Å². The number of carbonyl (C=O) groups excluding carboxylic acids is 2. The summed E-state index contributed by atoms with van der Waals surface area (Å²) in [5, 5.41) is 15.4. The Bertz CT molecular complexity index is 685. The molecule has 1 saturated carbocycles. The van der Waals surface area contributed by atoms with Crippen molar-refractivity contribution in [2.24, 2.45) is 5.41 Å². The fourth-order valence-electron chi connectivity index (χ4n) is 3.91. The molecular formula is C20H26N2O4. The summed E-state index contributed by atoms with van der Waals surface area (Å²) in [6.07, 6.45) is 7.55. The summed E-state index contributed by atoms with van der Waals surface area (Å²) in [6, 6.07) is 4.60. The number of aromatic hydroxyl groups is 1. The molecule has 6 heteroatoms. The maximum absolute atomic E-state index is 12.6. The predicted octanol–water partition coefficient (Wildman–Crippen LogP) is 2.99. The van der Waals surface area contributed by atoms with Crippen LogP contribution in [0, 0.1) is 5.41 Å². The zero-order valence-corrected chi connectivity index (χ0v) is 14.9. The molecule has 1 aliphatic heterocycles. The Morgan fingerprint density at radius 3 is 2.54 bits per heavy atom. The van der Waals surface area contributed by atoms with Gasteiger partial charge in [-0.25, -0.2) is 0 Å². The summed E-state index contributed by atoms with van der Waals surface area (Å²) >= 11 is 0. The van der Waals surface area contributed by atoms with Gasteiger partial charge in [-0.3, -0.25) is 9.59 Å². The van der Waals surface area contributed by atoms with Gasteiger partial charge in [0.05, 0.1) is 5.69 Å². The van der Waals surface area contributed by atoms with Crippen LogP contribution in [0.25, 0.3) is 0 Å².